The van der Waals surface area contributed by atoms with Crippen molar-refractivity contribution in [2.45, 2.75) is 6.61 Å². The third-order valence-corrected chi connectivity index (χ3v) is 4.58. The molecule has 4 nitrogen and oxygen atoms in total. The predicted molar refractivity (Wildman–Crippen MR) is 106 cm³/mol. The Morgan fingerprint density at radius 1 is 0.815 bits per heavy atom. The summed E-state index contributed by atoms with van der Waals surface area (Å²) in [7, 11) is 0. The lowest BCUT2D eigenvalue weighted by atomic mass is 10.1. The van der Waals surface area contributed by atoms with E-state index in [2.05, 4.69) is 16.0 Å². The molecule has 27 heavy (non-hydrogen) atoms. The maximum atomic E-state index is 6.04. The lowest BCUT2D eigenvalue weighted by molar-refractivity contribution is 0.306. The molecular weight excluding hydrogens is 336 g/mol. The van der Waals surface area contributed by atoms with Crippen LogP contribution in [0.15, 0.2) is 89.9 Å². The fourth-order valence-corrected chi connectivity index (χ4v) is 3.19. The third-order valence-electron chi connectivity index (χ3n) is 4.58. The number of benzene rings is 2. The average Bonchev–Trinajstić information content (AvgIpc) is 3.16. The van der Waals surface area contributed by atoms with E-state index in [0.717, 1.165) is 44.4 Å². The molecule has 0 unspecified atom stereocenters. The number of pyridine rings is 2. The van der Waals surface area contributed by atoms with Crippen LogP contribution in [-0.4, -0.2) is 9.97 Å². The van der Waals surface area contributed by atoms with Crippen molar-refractivity contribution in [1.82, 2.24) is 9.97 Å². The SMILES string of the molecule is c1ccc2oc(-c3cncc4ccc(OCc5ccncc5)cc34)cc2c1. The summed E-state index contributed by atoms with van der Waals surface area (Å²) in [5.41, 5.74) is 2.91. The lowest BCUT2D eigenvalue weighted by Gasteiger charge is -2.09. The number of furan rings is 1. The number of aromatic nitrogens is 2. The molecule has 0 bridgehead atoms. The Balaban J connectivity index is 1.54. The molecule has 0 spiro atoms. The quantitative estimate of drug-likeness (QED) is 0.421. The number of para-hydroxylation sites is 1. The van der Waals surface area contributed by atoms with Crippen molar-refractivity contribution in [3.8, 4) is 17.1 Å². The topological polar surface area (TPSA) is 48.2 Å². The molecule has 4 heteroatoms. The van der Waals surface area contributed by atoms with Crippen molar-refractivity contribution >= 4 is 21.7 Å². The Kier molecular flexibility index (Phi) is 3.79. The molecule has 0 aliphatic heterocycles. The van der Waals surface area contributed by atoms with Crippen LogP contribution in [0.5, 0.6) is 5.75 Å². The number of hydrogen-bond acceptors (Lipinski definition) is 4. The zero-order chi connectivity index (χ0) is 18.1. The molecule has 0 amide bonds. The molecule has 5 aromatic rings. The van der Waals surface area contributed by atoms with Gasteiger partial charge in [0.2, 0.25) is 0 Å². The molecule has 0 aliphatic rings. The molecule has 5 rings (SSSR count). The molecule has 2 aromatic carbocycles. The Morgan fingerprint density at radius 3 is 2.59 bits per heavy atom. The maximum Gasteiger partial charge on any atom is 0.137 e. The second-order valence-electron chi connectivity index (χ2n) is 6.36. The van der Waals surface area contributed by atoms with Crippen LogP contribution >= 0.6 is 0 Å². The second kappa shape index (κ2) is 6.57. The molecule has 0 N–H and O–H groups in total. The monoisotopic (exact) mass is 352 g/mol. The summed E-state index contributed by atoms with van der Waals surface area (Å²) in [6.07, 6.45) is 7.23. The van der Waals surface area contributed by atoms with Crippen LogP contribution in [0.2, 0.25) is 0 Å². The molecule has 0 fully saturated rings. The molecule has 130 valence electrons. The minimum atomic E-state index is 0.499. The van der Waals surface area contributed by atoms with Crippen LogP contribution in [0.1, 0.15) is 5.56 Å². The first kappa shape index (κ1) is 15.6. The van der Waals surface area contributed by atoms with Crippen LogP contribution in [-0.2, 0) is 6.61 Å². The molecule has 0 saturated carbocycles. The summed E-state index contributed by atoms with van der Waals surface area (Å²) in [4.78, 5) is 8.41. The smallest absolute Gasteiger partial charge is 0.137 e. The minimum absolute atomic E-state index is 0.499. The summed E-state index contributed by atoms with van der Waals surface area (Å²) < 4.78 is 12.0. The van der Waals surface area contributed by atoms with Gasteiger partial charge in [-0.15, -0.1) is 0 Å². The van der Waals surface area contributed by atoms with Gasteiger partial charge in [-0.25, -0.2) is 0 Å². The first-order chi connectivity index (χ1) is 13.4. The summed E-state index contributed by atoms with van der Waals surface area (Å²) in [6, 6.07) is 20.0. The largest absolute Gasteiger partial charge is 0.489 e. The molecule has 0 saturated heterocycles. The Labute approximate surface area is 156 Å². The van der Waals surface area contributed by atoms with E-state index < -0.39 is 0 Å². The normalized spacial score (nSPS) is 11.1. The van der Waals surface area contributed by atoms with Crippen LogP contribution < -0.4 is 4.74 Å². The fraction of sp³-hybridized carbons (Fsp3) is 0.0435. The van der Waals surface area contributed by atoms with Crippen molar-refractivity contribution in [2.24, 2.45) is 0 Å². The minimum Gasteiger partial charge on any atom is -0.489 e. The molecular formula is C23H16N2O2. The van der Waals surface area contributed by atoms with Crippen LogP contribution in [0, 0.1) is 0 Å². The van der Waals surface area contributed by atoms with Gasteiger partial charge >= 0.3 is 0 Å². The van der Waals surface area contributed by atoms with E-state index in [4.69, 9.17) is 9.15 Å². The predicted octanol–water partition coefficient (Wildman–Crippen LogP) is 5.62. The first-order valence-corrected chi connectivity index (χ1v) is 8.75. The van der Waals surface area contributed by atoms with Gasteiger partial charge in [-0.1, -0.05) is 18.2 Å². The first-order valence-electron chi connectivity index (χ1n) is 8.75. The van der Waals surface area contributed by atoms with E-state index >= 15 is 0 Å². The van der Waals surface area contributed by atoms with Gasteiger partial charge in [0.05, 0.1) is 0 Å². The fourth-order valence-electron chi connectivity index (χ4n) is 3.19. The molecule has 0 aliphatic carbocycles. The Morgan fingerprint density at radius 2 is 1.70 bits per heavy atom. The maximum absolute atomic E-state index is 6.04. The highest BCUT2D eigenvalue weighted by molar-refractivity contribution is 5.97. The van der Waals surface area contributed by atoms with Gasteiger partial charge in [-0.05, 0) is 53.4 Å². The lowest BCUT2D eigenvalue weighted by Crippen LogP contribution is -1.95. The number of ether oxygens (including phenoxy) is 1. The zero-order valence-electron chi connectivity index (χ0n) is 14.5. The Hall–Kier alpha value is -3.66. The highest BCUT2D eigenvalue weighted by atomic mass is 16.5. The van der Waals surface area contributed by atoms with Crippen molar-refractivity contribution < 1.29 is 9.15 Å². The Bertz CT molecular complexity index is 1200. The molecule has 0 atom stereocenters. The summed E-state index contributed by atoms with van der Waals surface area (Å²) in [5, 5.41) is 3.18. The van der Waals surface area contributed by atoms with Gasteiger partial charge in [0.15, 0.2) is 0 Å². The number of nitrogens with zero attached hydrogens (tertiary/aromatic N) is 2. The van der Waals surface area contributed by atoms with Gasteiger partial charge in [-0.3, -0.25) is 9.97 Å². The van der Waals surface area contributed by atoms with Crippen molar-refractivity contribution in [2.75, 3.05) is 0 Å². The molecule has 3 aromatic heterocycles. The van der Waals surface area contributed by atoms with Crippen molar-refractivity contribution in [3.05, 3.63) is 91.0 Å². The van der Waals surface area contributed by atoms with Crippen molar-refractivity contribution in [1.29, 1.82) is 0 Å². The number of fused-ring (bicyclic) bond motifs is 2. The van der Waals surface area contributed by atoms with E-state index in [0.29, 0.717) is 6.61 Å². The van der Waals surface area contributed by atoms with Gasteiger partial charge < -0.3 is 9.15 Å². The van der Waals surface area contributed by atoms with E-state index in [9.17, 15) is 0 Å². The van der Waals surface area contributed by atoms with E-state index in [-0.39, 0.29) is 0 Å². The molecule has 0 radical (unpaired) electrons. The standard InChI is InChI=1S/C23H16N2O2/c1-2-4-22-17(3-1)11-23(27-22)21-14-25-13-18-5-6-19(12-20(18)21)26-15-16-7-9-24-10-8-16/h1-14H,15H2. The van der Waals surface area contributed by atoms with Crippen LogP contribution in [0.3, 0.4) is 0 Å². The van der Waals surface area contributed by atoms with E-state index in [1.807, 2.05) is 67.0 Å². The van der Waals surface area contributed by atoms with Gasteiger partial charge in [0.25, 0.3) is 0 Å². The molecule has 3 heterocycles. The van der Waals surface area contributed by atoms with Gasteiger partial charge in [0, 0.05) is 41.1 Å². The number of rotatable bonds is 4. The number of hydrogen-bond donors (Lipinski definition) is 0. The third kappa shape index (κ3) is 3.02. The average molecular weight is 352 g/mol. The van der Waals surface area contributed by atoms with E-state index in [1.165, 1.54) is 0 Å². The summed E-state index contributed by atoms with van der Waals surface area (Å²) in [6.45, 7) is 0.499. The summed E-state index contributed by atoms with van der Waals surface area (Å²) in [5.74, 6) is 1.61. The van der Waals surface area contributed by atoms with E-state index in [1.54, 1.807) is 12.4 Å². The van der Waals surface area contributed by atoms with Gasteiger partial charge in [0.1, 0.15) is 23.7 Å². The second-order valence-corrected chi connectivity index (χ2v) is 6.36. The van der Waals surface area contributed by atoms with Gasteiger partial charge in [-0.2, -0.15) is 0 Å². The van der Waals surface area contributed by atoms with Crippen molar-refractivity contribution in [3.63, 3.8) is 0 Å². The highest BCUT2D eigenvalue weighted by Crippen LogP contribution is 2.34. The summed E-state index contributed by atoms with van der Waals surface area (Å²) >= 11 is 0. The zero-order valence-corrected chi connectivity index (χ0v) is 14.5. The van der Waals surface area contributed by atoms with Crippen LogP contribution in [0.25, 0.3) is 33.1 Å². The van der Waals surface area contributed by atoms with Crippen LogP contribution in [0.4, 0.5) is 0 Å². The highest BCUT2D eigenvalue weighted by Gasteiger charge is 2.11.